The summed E-state index contributed by atoms with van der Waals surface area (Å²) in [5, 5.41) is 9.36. The normalized spacial score (nSPS) is 23.1. The Labute approximate surface area is 167 Å². The zero-order valence-electron chi connectivity index (χ0n) is 16.0. The van der Waals surface area contributed by atoms with Gasteiger partial charge in [0.1, 0.15) is 6.10 Å². The number of hydrogen-bond donors (Lipinski definition) is 1. The van der Waals surface area contributed by atoms with Gasteiger partial charge in [-0.3, -0.25) is 13.8 Å². The Morgan fingerprint density at radius 1 is 1.37 bits per heavy atom. The van der Waals surface area contributed by atoms with Crippen molar-refractivity contribution in [3.05, 3.63) is 34.9 Å². The van der Waals surface area contributed by atoms with Gasteiger partial charge in [0.25, 0.3) is 5.91 Å². The van der Waals surface area contributed by atoms with Crippen LogP contribution >= 0.6 is 11.6 Å². The highest BCUT2D eigenvalue weighted by molar-refractivity contribution is 7.87. The topological polar surface area (TPSA) is 83.9 Å². The molecule has 1 aromatic carbocycles. The summed E-state index contributed by atoms with van der Waals surface area (Å²) in [6, 6.07) is 6.73. The van der Waals surface area contributed by atoms with Gasteiger partial charge in [0.15, 0.2) is 0 Å². The Kier molecular flexibility index (Phi) is 7.05. The molecule has 1 saturated heterocycles. The van der Waals surface area contributed by atoms with E-state index in [-0.39, 0.29) is 36.8 Å². The number of hydrogen-bond acceptors (Lipinski definition) is 4. The maximum atomic E-state index is 12.9. The van der Waals surface area contributed by atoms with E-state index in [0.29, 0.717) is 5.02 Å². The van der Waals surface area contributed by atoms with Gasteiger partial charge >= 0.3 is 5.97 Å². The van der Waals surface area contributed by atoms with Gasteiger partial charge in [-0.05, 0) is 45.4 Å². The number of amides is 1. The second-order valence-corrected chi connectivity index (χ2v) is 10.8. The number of ether oxygens (including phenoxy) is 1. The molecule has 0 aromatic heterocycles. The molecule has 1 heterocycles. The van der Waals surface area contributed by atoms with Crippen LogP contribution in [0.2, 0.25) is 5.02 Å². The summed E-state index contributed by atoms with van der Waals surface area (Å²) in [6.45, 7) is 7.96. The molecule has 8 heteroatoms. The number of carboxylic acids is 1. The Bertz CT molecular complexity index is 716. The lowest BCUT2D eigenvalue weighted by Crippen LogP contribution is -2.53. The first-order valence-electron chi connectivity index (χ1n) is 8.80. The lowest BCUT2D eigenvalue weighted by molar-refractivity contribution is -0.165. The fraction of sp³-hybridized carbons (Fsp3) is 0.579. The number of morpholine rings is 1. The molecule has 4 atom stereocenters. The van der Waals surface area contributed by atoms with E-state index < -0.39 is 27.6 Å². The molecule has 2 rings (SSSR count). The average Bonchev–Trinajstić information content (AvgIpc) is 2.57. The second kappa shape index (κ2) is 8.71. The number of rotatable bonds is 6. The van der Waals surface area contributed by atoms with Gasteiger partial charge in [0.05, 0.1) is 24.3 Å². The second-order valence-electron chi connectivity index (χ2n) is 7.70. The van der Waals surface area contributed by atoms with Crippen molar-refractivity contribution in [1.29, 1.82) is 0 Å². The van der Waals surface area contributed by atoms with Gasteiger partial charge in [-0.1, -0.05) is 23.7 Å². The maximum Gasteiger partial charge on any atom is 0.306 e. The minimum Gasteiger partial charge on any atom is -0.481 e. The molecule has 1 amide bonds. The van der Waals surface area contributed by atoms with Gasteiger partial charge in [-0.2, -0.15) is 0 Å². The summed E-state index contributed by atoms with van der Waals surface area (Å²) >= 11 is 5.95. The quantitative estimate of drug-likeness (QED) is 0.772. The smallest absolute Gasteiger partial charge is 0.306 e. The third kappa shape index (κ3) is 5.53. The highest BCUT2D eigenvalue weighted by Crippen LogP contribution is 2.30. The van der Waals surface area contributed by atoms with Gasteiger partial charge in [0.2, 0.25) is 0 Å². The monoisotopic (exact) mass is 415 g/mol. The van der Waals surface area contributed by atoms with Gasteiger partial charge < -0.3 is 14.7 Å². The van der Waals surface area contributed by atoms with Crippen molar-refractivity contribution < 1.29 is 23.6 Å². The Morgan fingerprint density at radius 2 is 1.96 bits per heavy atom. The van der Waals surface area contributed by atoms with E-state index in [4.69, 9.17) is 21.4 Å². The fourth-order valence-electron chi connectivity index (χ4n) is 3.14. The van der Waals surface area contributed by atoms with Gasteiger partial charge in [0, 0.05) is 27.1 Å². The molecule has 1 N–H and O–H groups in total. The Balaban J connectivity index is 2.29. The van der Waals surface area contributed by atoms with Crippen molar-refractivity contribution in [2.75, 3.05) is 13.2 Å². The third-order valence-corrected chi connectivity index (χ3v) is 6.77. The maximum absolute atomic E-state index is 12.9. The first kappa shape index (κ1) is 21.9. The van der Waals surface area contributed by atoms with Crippen molar-refractivity contribution >= 4 is 34.3 Å². The fourth-order valence-corrected chi connectivity index (χ4v) is 4.77. The molecule has 0 bridgehead atoms. The standard InChI is InChI=1S/C19H26ClNO5S/c1-12(27(25)19(2,3)4)10-21-15(13-5-7-14(20)8-6-13)11-26-16(18(21)24)9-17(22)23/h5-8,12,15-16H,9-11H2,1-4H3,(H,22,23). The molecule has 4 unspecified atom stereocenters. The SMILES string of the molecule is CC(CN1C(=O)C(CC(=O)O)OCC1c1ccc(Cl)cc1)S(=O)C(C)(C)C. The summed E-state index contributed by atoms with van der Waals surface area (Å²) < 4.78 is 17.9. The minimum atomic E-state index is -1.17. The molecule has 150 valence electrons. The summed E-state index contributed by atoms with van der Waals surface area (Å²) in [6.07, 6.45) is -1.42. The molecule has 0 radical (unpaired) electrons. The number of carboxylic acid groups (broad SMARTS) is 1. The number of carbonyl (C=O) groups excluding carboxylic acids is 1. The number of nitrogens with zero attached hydrogens (tertiary/aromatic N) is 1. The van der Waals surface area contributed by atoms with Gasteiger partial charge in [-0.15, -0.1) is 0 Å². The molecule has 0 saturated carbocycles. The first-order valence-corrected chi connectivity index (χ1v) is 10.4. The van der Waals surface area contributed by atoms with Crippen LogP contribution in [0.4, 0.5) is 0 Å². The number of halogens is 1. The molecule has 6 nitrogen and oxygen atoms in total. The van der Waals surface area contributed by atoms with E-state index in [0.717, 1.165) is 5.56 Å². The molecular formula is C19H26ClNO5S. The molecule has 1 aliphatic rings. The molecule has 1 aliphatic heterocycles. The van der Waals surface area contributed by atoms with Crippen LogP contribution in [0, 0.1) is 0 Å². The summed E-state index contributed by atoms with van der Waals surface area (Å²) in [4.78, 5) is 25.6. The van der Waals surface area contributed by atoms with Crippen molar-refractivity contribution in [3.8, 4) is 0 Å². The van der Waals surface area contributed by atoms with Crippen LogP contribution in [-0.4, -0.2) is 55.3 Å². The predicted octanol–water partition coefficient (Wildman–Crippen LogP) is 3.02. The van der Waals surface area contributed by atoms with Crippen molar-refractivity contribution in [2.24, 2.45) is 0 Å². The van der Waals surface area contributed by atoms with E-state index in [9.17, 15) is 13.8 Å². The van der Waals surface area contributed by atoms with E-state index in [2.05, 4.69) is 0 Å². The largest absolute Gasteiger partial charge is 0.481 e. The van der Waals surface area contributed by atoms with E-state index >= 15 is 0 Å². The van der Waals surface area contributed by atoms with Gasteiger partial charge in [-0.25, -0.2) is 0 Å². The first-order chi connectivity index (χ1) is 12.5. The molecule has 0 aliphatic carbocycles. The minimum absolute atomic E-state index is 0.181. The Morgan fingerprint density at radius 3 is 2.48 bits per heavy atom. The average molecular weight is 416 g/mol. The number of carbonyl (C=O) groups is 2. The summed E-state index contributed by atoms with van der Waals surface area (Å²) in [7, 11) is -1.17. The lowest BCUT2D eigenvalue weighted by Gasteiger charge is -2.41. The van der Waals surface area contributed by atoms with Crippen molar-refractivity contribution in [3.63, 3.8) is 0 Å². The van der Waals surface area contributed by atoms with Crippen LogP contribution in [0.25, 0.3) is 0 Å². The van der Waals surface area contributed by atoms with Crippen LogP contribution in [-0.2, 0) is 25.1 Å². The van der Waals surface area contributed by atoms with Crippen LogP contribution in [0.5, 0.6) is 0 Å². The van der Waals surface area contributed by atoms with Crippen LogP contribution < -0.4 is 0 Å². The molecule has 1 aromatic rings. The van der Waals surface area contributed by atoms with Crippen molar-refractivity contribution in [1.82, 2.24) is 4.90 Å². The summed E-state index contributed by atoms with van der Waals surface area (Å²) in [5.74, 6) is -1.48. The van der Waals surface area contributed by atoms with E-state index in [1.165, 1.54) is 0 Å². The van der Waals surface area contributed by atoms with Crippen LogP contribution in [0.15, 0.2) is 24.3 Å². The lowest BCUT2D eigenvalue weighted by atomic mass is 10.0. The van der Waals surface area contributed by atoms with E-state index in [1.54, 1.807) is 17.0 Å². The zero-order chi connectivity index (χ0) is 20.4. The molecule has 27 heavy (non-hydrogen) atoms. The highest BCUT2D eigenvalue weighted by atomic mass is 35.5. The van der Waals surface area contributed by atoms with E-state index in [1.807, 2.05) is 39.8 Å². The third-order valence-electron chi connectivity index (χ3n) is 4.43. The molecule has 0 spiro atoms. The van der Waals surface area contributed by atoms with Crippen LogP contribution in [0.1, 0.15) is 45.7 Å². The molecular weight excluding hydrogens is 390 g/mol. The van der Waals surface area contributed by atoms with Crippen molar-refractivity contribution in [2.45, 2.75) is 56.3 Å². The number of aliphatic carboxylic acids is 1. The summed E-state index contributed by atoms with van der Waals surface area (Å²) in [5.41, 5.74) is 0.843. The molecule has 1 fully saturated rings. The van der Waals surface area contributed by atoms with Crippen LogP contribution in [0.3, 0.4) is 0 Å². The predicted molar refractivity (Wildman–Crippen MR) is 105 cm³/mol. The zero-order valence-corrected chi connectivity index (χ0v) is 17.5. The highest BCUT2D eigenvalue weighted by Gasteiger charge is 2.40. The Hall–Kier alpha value is -1.44. The number of benzene rings is 1.